The molecule has 140 valence electrons. The Morgan fingerprint density at radius 1 is 1.00 bits per heavy atom. The van der Waals surface area contributed by atoms with E-state index in [0.29, 0.717) is 36.0 Å². The molecule has 0 radical (unpaired) electrons. The molecule has 0 saturated heterocycles. The molecule has 8 heteroatoms. The molecule has 0 atom stereocenters. The SMILES string of the molecule is CNC(=O)c1cccc(NC(=O)COC(=O)c2ccc3c(c2)OCCO3)c1. The van der Waals surface area contributed by atoms with Gasteiger partial charge in [0.15, 0.2) is 18.1 Å². The molecule has 2 N–H and O–H groups in total. The molecular formula is C19H18N2O6. The number of hydrogen-bond donors (Lipinski definition) is 2. The van der Waals surface area contributed by atoms with Gasteiger partial charge in [0.05, 0.1) is 5.56 Å². The molecule has 1 aliphatic heterocycles. The molecule has 0 fully saturated rings. The van der Waals surface area contributed by atoms with Crippen molar-refractivity contribution in [2.45, 2.75) is 0 Å². The highest BCUT2D eigenvalue weighted by Gasteiger charge is 2.17. The maximum Gasteiger partial charge on any atom is 0.338 e. The summed E-state index contributed by atoms with van der Waals surface area (Å²) in [5, 5.41) is 5.08. The van der Waals surface area contributed by atoms with E-state index in [-0.39, 0.29) is 11.5 Å². The van der Waals surface area contributed by atoms with Crippen molar-refractivity contribution >= 4 is 23.5 Å². The van der Waals surface area contributed by atoms with Crippen LogP contribution in [0.4, 0.5) is 5.69 Å². The zero-order valence-electron chi connectivity index (χ0n) is 14.6. The van der Waals surface area contributed by atoms with Crippen molar-refractivity contribution in [3.05, 3.63) is 53.6 Å². The number of ether oxygens (including phenoxy) is 3. The quantitative estimate of drug-likeness (QED) is 0.775. The molecule has 27 heavy (non-hydrogen) atoms. The number of fused-ring (bicyclic) bond motifs is 1. The van der Waals surface area contributed by atoms with Gasteiger partial charge in [-0.05, 0) is 36.4 Å². The Bertz CT molecular complexity index is 880. The number of benzene rings is 2. The average Bonchev–Trinajstić information content (AvgIpc) is 2.71. The minimum Gasteiger partial charge on any atom is -0.486 e. The Labute approximate surface area is 155 Å². The van der Waals surface area contributed by atoms with Crippen molar-refractivity contribution in [3.63, 3.8) is 0 Å². The number of carbonyl (C=O) groups excluding carboxylic acids is 3. The molecule has 2 amide bonds. The minimum absolute atomic E-state index is 0.258. The lowest BCUT2D eigenvalue weighted by atomic mass is 10.2. The Kier molecular flexibility index (Phi) is 5.55. The molecule has 3 rings (SSSR count). The van der Waals surface area contributed by atoms with E-state index < -0.39 is 18.5 Å². The predicted octanol–water partition coefficient (Wildman–Crippen LogP) is 1.61. The van der Waals surface area contributed by atoms with Crippen LogP contribution in [0.15, 0.2) is 42.5 Å². The van der Waals surface area contributed by atoms with E-state index >= 15 is 0 Å². The van der Waals surface area contributed by atoms with E-state index in [2.05, 4.69) is 10.6 Å². The fourth-order valence-electron chi connectivity index (χ4n) is 2.46. The summed E-state index contributed by atoms with van der Waals surface area (Å²) in [5.74, 6) is -0.412. The third-order valence-electron chi connectivity index (χ3n) is 3.75. The fraction of sp³-hybridized carbons (Fsp3) is 0.211. The summed E-state index contributed by atoms with van der Waals surface area (Å²) in [5.41, 5.74) is 1.09. The fourth-order valence-corrected chi connectivity index (χ4v) is 2.46. The smallest absolute Gasteiger partial charge is 0.338 e. The molecule has 1 aliphatic rings. The van der Waals surface area contributed by atoms with Crippen LogP contribution < -0.4 is 20.1 Å². The van der Waals surface area contributed by atoms with Gasteiger partial charge in [0.25, 0.3) is 11.8 Å². The topological polar surface area (TPSA) is 103 Å². The van der Waals surface area contributed by atoms with Crippen molar-refractivity contribution in [2.75, 3.05) is 32.2 Å². The first kappa shape index (κ1) is 18.2. The number of nitrogens with one attached hydrogen (secondary N) is 2. The first-order valence-electron chi connectivity index (χ1n) is 8.25. The van der Waals surface area contributed by atoms with Crippen LogP contribution in [0.2, 0.25) is 0 Å². The standard InChI is InChI=1S/C19H18N2O6/c1-20-18(23)12-3-2-4-14(9-12)21-17(22)11-27-19(24)13-5-6-15-16(10-13)26-8-7-25-15/h2-6,9-10H,7-8,11H2,1H3,(H,20,23)(H,21,22). The molecule has 2 aromatic rings. The van der Waals surface area contributed by atoms with Gasteiger partial charge in [0.1, 0.15) is 13.2 Å². The average molecular weight is 370 g/mol. The van der Waals surface area contributed by atoms with E-state index in [1.54, 1.807) is 30.3 Å². The van der Waals surface area contributed by atoms with Crippen LogP contribution in [0, 0.1) is 0 Å². The predicted molar refractivity (Wildman–Crippen MR) is 96.2 cm³/mol. The first-order valence-corrected chi connectivity index (χ1v) is 8.25. The molecular weight excluding hydrogens is 352 g/mol. The van der Waals surface area contributed by atoms with Crippen molar-refractivity contribution in [1.29, 1.82) is 0 Å². The molecule has 0 spiro atoms. The van der Waals surface area contributed by atoms with Gasteiger partial charge < -0.3 is 24.8 Å². The van der Waals surface area contributed by atoms with Gasteiger partial charge in [-0.25, -0.2) is 4.79 Å². The Morgan fingerprint density at radius 2 is 1.78 bits per heavy atom. The normalized spacial score (nSPS) is 12.0. The monoisotopic (exact) mass is 370 g/mol. The second-order valence-corrected chi connectivity index (χ2v) is 5.64. The van der Waals surface area contributed by atoms with Crippen LogP contribution in [0.5, 0.6) is 11.5 Å². The molecule has 0 aliphatic carbocycles. The van der Waals surface area contributed by atoms with Crippen LogP contribution in [-0.2, 0) is 9.53 Å². The highest BCUT2D eigenvalue weighted by molar-refractivity contribution is 5.98. The minimum atomic E-state index is -0.652. The number of carbonyl (C=O) groups is 3. The maximum absolute atomic E-state index is 12.1. The van der Waals surface area contributed by atoms with Gasteiger partial charge in [-0.1, -0.05) is 6.07 Å². The van der Waals surface area contributed by atoms with Gasteiger partial charge in [0, 0.05) is 18.3 Å². The highest BCUT2D eigenvalue weighted by atomic mass is 16.6. The summed E-state index contributed by atoms with van der Waals surface area (Å²) in [6.07, 6.45) is 0. The van der Waals surface area contributed by atoms with Crippen molar-refractivity contribution < 1.29 is 28.6 Å². The third kappa shape index (κ3) is 4.55. The van der Waals surface area contributed by atoms with Crippen LogP contribution in [0.25, 0.3) is 0 Å². The molecule has 0 aromatic heterocycles. The Balaban J connectivity index is 1.56. The van der Waals surface area contributed by atoms with Crippen LogP contribution >= 0.6 is 0 Å². The summed E-state index contributed by atoms with van der Waals surface area (Å²) >= 11 is 0. The lowest BCUT2D eigenvalue weighted by molar-refractivity contribution is -0.119. The van der Waals surface area contributed by atoms with Gasteiger partial charge in [-0.3, -0.25) is 9.59 Å². The Morgan fingerprint density at radius 3 is 2.56 bits per heavy atom. The van der Waals surface area contributed by atoms with Crippen LogP contribution in [0.1, 0.15) is 20.7 Å². The highest BCUT2D eigenvalue weighted by Crippen LogP contribution is 2.30. The van der Waals surface area contributed by atoms with E-state index in [1.165, 1.54) is 19.2 Å². The molecule has 1 heterocycles. The second-order valence-electron chi connectivity index (χ2n) is 5.64. The number of amides is 2. The summed E-state index contributed by atoms with van der Waals surface area (Å²) in [7, 11) is 1.52. The van der Waals surface area contributed by atoms with Gasteiger partial charge >= 0.3 is 5.97 Å². The van der Waals surface area contributed by atoms with Gasteiger partial charge in [-0.2, -0.15) is 0 Å². The number of rotatable bonds is 5. The largest absolute Gasteiger partial charge is 0.486 e. The molecule has 8 nitrogen and oxygen atoms in total. The number of anilines is 1. The zero-order valence-corrected chi connectivity index (χ0v) is 14.6. The summed E-state index contributed by atoms with van der Waals surface area (Å²) in [6.45, 7) is 0.401. The second kappa shape index (κ2) is 8.22. The van der Waals surface area contributed by atoms with Crippen molar-refractivity contribution in [3.8, 4) is 11.5 Å². The van der Waals surface area contributed by atoms with E-state index in [4.69, 9.17) is 14.2 Å². The molecule has 2 aromatic carbocycles. The third-order valence-corrected chi connectivity index (χ3v) is 3.75. The van der Waals surface area contributed by atoms with Crippen LogP contribution in [0.3, 0.4) is 0 Å². The van der Waals surface area contributed by atoms with E-state index in [1.807, 2.05) is 0 Å². The summed E-state index contributed by atoms with van der Waals surface area (Å²) < 4.78 is 15.8. The van der Waals surface area contributed by atoms with Crippen molar-refractivity contribution in [2.24, 2.45) is 0 Å². The van der Waals surface area contributed by atoms with Crippen molar-refractivity contribution in [1.82, 2.24) is 5.32 Å². The summed E-state index contributed by atoms with van der Waals surface area (Å²) in [4.78, 5) is 35.7. The number of esters is 1. The van der Waals surface area contributed by atoms with Crippen LogP contribution in [-0.4, -0.2) is 44.7 Å². The molecule has 0 unspecified atom stereocenters. The lowest BCUT2D eigenvalue weighted by Crippen LogP contribution is -2.22. The van der Waals surface area contributed by atoms with E-state index in [0.717, 1.165) is 0 Å². The van der Waals surface area contributed by atoms with E-state index in [9.17, 15) is 14.4 Å². The summed E-state index contributed by atoms with van der Waals surface area (Å²) in [6, 6.07) is 11.1. The molecule has 0 bridgehead atoms. The van der Waals surface area contributed by atoms with Gasteiger partial charge in [-0.15, -0.1) is 0 Å². The molecule has 0 saturated carbocycles. The maximum atomic E-state index is 12.1. The zero-order chi connectivity index (χ0) is 19.2. The first-order chi connectivity index (χ1) is 13.1. The Hall–Kier alpha value is -3.55. The van der Waals surface area contributed by atoms with Gasteiger partial charge in [0.2, 0.25) is 0 Å². The lowest BCUT2D eigenvalue weighted by Gasteiger charge is -2.18. The number of hydrogen-bond acceptors (Lipinski definition) is 6.